The lowest BCUT2D eigenvalue weighted by Gasteiger charge is -2.16. The Bertz CT molecular complexity index is 1370. The normalized spacial score (nSPS) is 12.2. The fourth-order valence-electron chi connectivity index (χ4n) is 3.28. The summed E-state index contributed by atoms with van der Waals surface area (Å²) in [6.45, 7) is 6.51. The van der Waals surface area contributed by atoms with Crippen molar-refractivity contribution < 1.29 is 14.0 Å². The van der Waals surface area contributed by atoms with Crippen LogP contribution in [0, 0.1) is 17.1 Å². The molecule has 10 heteroatoms. The Morgan fingerprint density at radius 3 is 2.62 bits per heavy atom. The van der Waals surface area contributed by atoms with Gasteiger partial charge in [-0.25, -0.2) is 9.37 Å². The van der Waals surface area contributed by atoms with Gasteiger partial charge in [-0.1, -0.05) is 5.16 Å². The van der Waals surface area contributed by atoms with E-state index in [1.807, 2.05) is 6.07 Å². The van der Waals surface area contributed by atoms with E-state index in [2.05, 4.69) is 15.1 Å². The van der Waals surface area contributed by atoms with E-state index in [0.717, 1.165) is 0 Å². The molecule has 0 aliphatic rings. The van der Waals surface area contributed by atoms with E-state index >= 15 is 0 Å². The molecule has 0 bridgehead atoms. The molecule has 0 fully saturated rings. The first-order valence-electron chi connectivity index (χ1n) is 8.86. The number of nitriles is 1. The van der Waals surface area contributed by atoms with Gasteiger partial charge in [-0.15, -0.1) is 0 Å². The molecular weight excluding hydrogens is 379 g/mol. The largest absolute Gasteiger partial charge is 0.381 e. The van der Waals surface area contributed by atoms with Crippen LogP contribution < -0.4 is 5.56 Å². The summed E-state index contributed by atoms with van der Waals surface area (Å²) in [5.41, 5.74) is -1.10. The van der Waals surface area contributed by atoms with Crippen LogP contribution in [0.3, 0.4) is 0 Å². The van der Waals surface area contributed by atoms with Gasteiger partial charge in [0, 0.05) is 6.04 Å². The second-order valence-electron chi connectivity index (χ2n) is 7.46. The van der Waals surface area contributed by atoms with E-state index in [1.54, 1.807) is 13.8 Å². The van der Waals surface area contributed by atoms with Gasteiger partial charge in [0.15, 0.2) is 0 Å². The molecule has 0 saturated heterocycles. The molecule has 1 aromatic carbocycles. The Morgan fingerprint density at radius 2 is 2.03 bits per heavy atom. The van der Waals surface area contributed by atoms with Crippen molar-refractivity contribution >= 4 is 16.6 Å². The molecule has 29 heavy (non-hydrogen) atoms. The summed E-state index contributed by atoms with van der Waals surface area (Å²) in [7, 11) is 0. The number of hydrogen-bond acceptors (Lipinski definition) is 7. The molecule has 4 aromatic rings. The number of aromatic nitrogens is 5. The van der Waals surface area contributed by atoms with Gasteiger partial charge in [-0.3, -0.25) is 9.20 Å². The average Bonchev–Trinajstić information content (AvgIpc) is 3.28. The van der Waals surface area contributed by atoms with Gasteiger partial charge in [0.1, 0.15) is 40.6 Å². The SMILES string of the molecule is CC(C)n1c(=O)c2c(-c3noc(C(C)(C)O)n3)ncn2c2ccc(F)c(C#N)c21. The Balaban J connectivity index is 2.14. The molecule has 0 radical (unpaired) electrons. The predicted octanol–water partition coefficient (Wildman–Crippen LogP) is 2.52. The highest BCUT2D eigenvalue weighted by Crippen LogP contribution is 2.28. The van der Waals surface area contributed by atoms with Crippen molar-refractivity contribution in [1.29, 1.82) is 5.26 Å². The Kier molecular flexibility index (Phi) is 4.02. The molecule has 148 valence electrons. The summed E-state index contributed by atoms with van der Waals surface area (Å²) in [4.78, 5) is 21.8. The Labute approximate surface area is 163 Å². The van der Waals surface area contributed by atoms with Crippen LogP contribution in [0.15, 0.2) is 27.8 Å². The molecule has 0 unspecified atom stereocenters. The van der Waals surface area contributed by atoms with Crippen LogP contribution in [0.4, 0.5) is 4.39 Å². The minimum Gasteiger partial charge on any atom is -0.381 e. The van der Waals surface area contributed by atoms with E-state index in [0.29, 0.717) is 5.52 Å². The second-order valence-corrected chi connectivity index (χ2v) is 7.46. The van der Waals surface area contributed by atoms with E-state index in [1.165, 1.54) is 41.3 Å². The molecular formula is C19H17FN6O3. The number of aliphatic hydroxyl groups is 1. The van der Waals surface area contributed by atoms with E-state index < -0.39 is 17.0 Å². The van der Waals surface area contributed by atoms with Crippen molar-refractivity contribution in [2.45, 2.75) is 39.3 Å². The first-order chi connectivity index (χ1) is 13.6. The van der Waals surface area contributed by atoms with Crippen LogP contribution in [0.2, 0.25) is 0 Å². The van der Waals surface area contributed by atoms with Crippen molar-refractivity contribution in [3.63, 3.8) is 0 Å². The second kappa shape index (κ2) is 6.22. The zero-order valence-corrected chi connectivity index (χ0v) is 16.1. The summed E-state index contributed by atoms with van der Waals surface area (Å²) in [6, 6.07) is 4.15. The van der Waals surface area contributed by atoms with Crippen molar-refractivity contribution in [1.82, 2.24) is 24.1 Å². The van der Waals surface area contributed by atoms with E-state index in [9.17, 15) is 19.6 Å². The number of imidazole rings is 1. The van der Waals surface area contributed by atoms with Crippen LogP contribution in [0.5, 0.6) is 0 Å². The fraction of sp³-hybridized carbons (Fsp3) is 0.316. The first kappa shape index (κ1) is 18.8. The summed E-state index contributed by atoms with van der Waals surface area (Å²) < 4.78 is 22.2. The van der Waals surface area contributed by atoms with E-state index in [-0.39, 0.29) is 40.0 Å². The van der Waals surface area contributed by atoms with Crippen LogP contribution in [-0.4, -0.2) is 29.2 Å². The van der Waals surface area contributed by atoms with Gasteiger partial charge in [0.2, 0.25) is 5.82 Å². The number of benzene rings is 1. The zero-order valence-electron chi connectivity index (χ0n) is 16.1. The minimum absolute atomic E-state index is 0.0209. The van der Waals surface area contributed by atoms with Gasteiger partial charge in [-0.2, -0.15) is 10.2 Å². The molecule has 0 aliphatic carbocycles. The van der Waals surface area contributed by atoms with Gasteiger partial charge < -0.3 is 14.2 Å². The lowest BCUT2D eigenvalue weighted by molar-refractivity contribution is 0.0420. The van der Waals surface area contributed by atoms with Gasteiger partial charge >= 0.3 is 0 Å². The maximum Gasteiger partial charge on any atom is 0.278 e. The molecule has 3 aromatic heterocycles. The predicted molar refractivity (Wildman–Crippen MR) is 101 cm³/mol. The van der Waals surface area contributed by atoms with Crippen molar-refractivity contribution in [2.24, 2.45) is 0 Å². The standard InChI is InChI=1S/C19H17FN6O3/c1-9(2)26-14-10(7-21)11(20)5-6-12(14)25-8-22-13(15(25)17(26)27)16-23-18(29-24-16)19(3,4)28/h5-6,8-9,28H,1-4H3. The maximum absolute atomic E-state index is 14.3. The molecule has 4 rings (SSSR count). The first-order valence-corrected chi connectivity index (χ1v) is 8.86. The molecule has 1 N–H and O–H groups in total. The number of nitrogens with zero attached hydrogens (tertiary/aromatic N) is 6. The molecule has 3 heterocycles. The Hall–Kier alpha value is -3.58. The summed E-state index contributed by atoms with van der Waals surface area (Å²) in [5.74, 6) is -0.687. The van der Waals surface area contributed by atoms with Gasteiger partial charge in [-0.05, 0) is 39.8 Å². The molecule has 0 amide bonds. The van der Waals surface area contributed by atoms with Crippen LogP contribution in [-0.2, 0) is 5.60 Å². The highest BCUT2D eigenvalue weighted by molar-refractivity contribution is 5.87. The zero-order chi connectivity index (χ0) is 21.1. The topological polar surface area (TPSA) is 122 Å². The summed E-state index contributed by atoms with van der Waals surface area (Å²) in [5, 5.41) is 23.4. The van der Waals surface area contributed by atoms with Crippen molar-refractivity contribution in [2.75, 3.05) is 0 Å². The molecule has 0 spiro atoms. The van der Waals surface area contributed by atoms with Crippen molar-refractivity contribution in [3.8, 4) is 17.6 Å². The third kappa shape index (κ3) is 2.70. The number of fused-ring (bicyclic) bond motifs is 3. The number of hydrogen-bond donors (Lipinski definition) is 1. The quantitative estimate of drug-likeness (QED) is 0.564. The Morgan fingerprint density at radius 1 is 1.31 bits per heavy atom. The van der Waals surface area contributed by atoms with Crippen LogP contribution in [0.25, 0.3) is 28.1 Å². The number of rotatable bonds is 3. The van der Waals surface area contributed by atoms with Crippen molar-refractivity contribution in [3.05, 3.63) is 46.1 Å². The molecule has 0 aliphatic heterocycles. The molecule has 9 nitrogen and oxygen atoms in total. The monoisotopic (exact) mass is 396 g/mol. The smallest absolute Gasteiger partial charge is 0.278 e. The summed E-state index contributed by atoms with van der Waals surface area (Å²) >= 11 is 0. The maximum atomic E-state index is 14.3. The molecule has 0 saturated carbocycles. The third-order valence-electron chi connectivity index (χ3n) is 4.58. The lowest BCUT2D eigenvalue weighted by Crippen LogP contribution is -2.25. The van der Waals surface area contributed by atoms with Crippen LogP contribution in [0.1, 0.15) is 45.2 Å². The molecule has 0 atom stereocenters. The van der Waals surface area contributed by atoms with Crippen LogP contribution >= 0.6 is 0 Å². The summed E-state index contributed by atoms with van der Waals surface area (Å²) in [6.07, 6.45) is 1.39. The minimum atomic E-state index is -1.36. The average molecular weight is 396 g/mol. The van der Waals surface area contributed by atoms with E-state index in [4.69, 9.17) is 4.52 Å². The number of halogens is 1. The highest BCUT2D eigenvalue weighted by Gasteiger charge is 2.28. The third-order valence-corrected chi connectivity index (χ3v) is 4.58. The van der Waals surface area contributed by atoms with Gasteiger partial charge in [0.05, 0.1) is 11.0 Å². The fourth-order valence-corrected chi connectivity index (χ4v) is 3.28. The highest BCUT2D eigenvalue weighted by atomic mass is 19.1. The lowest BCUT2D eigenvalue weighted by atomic mass is 10.1. The van der Waals surface area contributed by atoms with Gasteiger partial charge in [0.25, 0.3) is 11.4 Å².